The van der Waals surface area contributed by atoms with Gasteiger partial charge in [0.15, 0.2) is 6.61 Å². The van der Waals surface area contributed by atoms with Gasteiger partial charge in [-0.15, -0.1) is 0 Å². The molecule has 3 aromatic carbocycles. The molecule has 5 nitrogen and oxygen atoms in total. The maximum atomic E-state index is 11.7. The third-order valence-corrected chi connectivity index (χ3v) is 3.66. The fraction of sp³-hybridized carbons (Fsp3) is 0.0909. The van der Waals surface area contributed by atoms with Gasteiger partial charge in [0, 0.05) is 5.69 Å². The molecule has 1 N–H and O–H groups in total. The largest absolute Gasteiger partial charge is 0.489 e. The lowest BCUT2D eigenvalue weighted by Gasteiger charge is -2.06. The van der Waals surface area contributed by atoms with Crippen LogP contribution in [0.4, 0.5) is 5.69 Å². The molecule has 136 valence electrons. The van der Waals surface area contributed by atoms with E-state index in [2.05, 4.69) is 10.5 Å². The normalized spacial score (nSPS) is 10.5. The van der Waals surface area contributed by atoms with E-state index in [0.29, 0.717) is 6.61 Å². The van der Waals surface area contributed by atoms with Crippen molar-refractivity contribution in [2.24, 2.45) is 5.16 Å². The molecule has 0 fully saturated rings. The Morgan fingerprint density at radius 2 is 1.56 bits per heavy atom. The Kier molecular flexibility index (Phi) is 6.59. The number of hydrogen-bond acceptors (Lipinski definition) is 4. The topological polar surface area (TPSA) is 59.9 Å². The van der Waals surface area contributed by atoms with Crippen molar-refractivity contribution in [3.05, 3.63) is 96.1 Å². The van der Waals surface area contributed by atoms with Crippen molar-refractivity contribution in [3.8, 4) is 5.75 Å². The number of nitrogens with one attached hydrogen (secondary N) is 1. The summed E-state index contributed by atoms with van der Waals surface area (Å²) in [5.74, 6) is 0.516. The first-order valence-electron chi connectivity index (χ1n) is 8.56. The number of benzene rings is 3. The number of amides is 1. The highest BCUT2D eigenvalue weighted by atomic mass is 16.6. The molecule has 0 unspecified atom stereocenters. The second-order valence-electron chi connectivity index (χ2n) is 5.77. The second-order valence-corrected chi connectivity index (χ2v) is 5.77. The molecular weight excluding hydrogens is 340 g/mol. The smallest absolute Gasteiger partial charge is 0.265 e. The number of carbonyl (C=O) groups is 1. The average molecular weight is 360 g/mol. The summed E-state index contributed by atoms with van der Waals surface area (Å²) in [6.07, 6.45) is 1.55. The number of ether oxygens (including phenoxy) is 1. The summed E-state index contributed by atoms with van der Waals surface area (Å²) < 4.78 is 5.73. The molecule has 0 aromatic heterocycles. The monoisotopic (exact) mass is 360 g/mol. The van der Waals surface area contributed by atoms with E-state index in [1.54, 1.807) is 6.21 Å². The molecule has 0 spiro atoms. The minimum atomic E-state index is -0.261. The van der Waals surface area contributed by atoms with Crippen molar-refractivity contribution in [2.45, 2.75) is 6.61 Å². The van der Waals surface area contributed by atoms with Gasteiger partial charge in [-0.05, 0) is 47.5 Å². The zero-order valence-electron chi connectivity index (χ0n) is 14.7. The highest BCUT2D eigenvalue weighted by molar-refractivity contribution is 5.91. The summed E-state index contributed by atoms with van der Waals surface area (Å²) >= 11 is 0. The number of hydrogen-bond donors (Lipinski definition) is 1. The maximum Gasteiger partial charge on any atom is 0.265 e. The van der Waals surface area contributed by atoms with Gasteiger partial charge in [0.2, 0.25) is 0 Å². The first-order chi connectivity index (χ1) is 13.3. The molecule has 0 aliphatic carbocycles. The van der Waals surface area contributed by atoms with E-state index in [9.17, 15) is 4.79 Å². The molecule has 0 bridgehead atoms. The summed E-state index contributed by atoms with van der Waals surface area (Å²) in [6, 6.07) is 26.7. The predicted octanol–water partition coefficient (Wildman–Crippen LogP) is 4.25. The first-order valence-corrected chi connectivity index (χ1v) is 8.56. The Morgan fingerprint density at radius 1 is 0.889 bits per heavy atom. The molecule has 0 atom stereocenters. The second kappa shape index (κ2) is 9.77. The minimum Gasteiger partial charge on any atom is -0.489 e. The molecule has 27 heavy (non-hydrogen) atoms. The lowest BCUT2D eigenvalue weighted by atomic mass is 10.2. The number of oxime groups is 1. The Morgan fingerprint density at radius 3 is 2.26 bits per heavy atom. The van der Waals surface area contributed by atoms with Crippen LogP contribution in [0.2, 0.25) is 0 Å². The van der Waals surface area contributed by atoms with Crippen LogP contribution in [0.5, 0.6) is 5.75 Å². The molecule has 0 radical (unpaired) electrons. The van der Waals surface area contributed by atoms with Crippen molar-refractivity contribution in [2.75, 3.05) is 11.9 Å². The van der Waals surface area contributed by atoms with E-state index in [1.807, 2.05) is 84.9 Å². The number of nitrogens with zero attached hydrogens (tertiary/aromatic N) is 1. The fourth-order valence-corrected chi connectivity index (χ4v) is 2.30. The zero-order chi connectivity index (χ0) is 18.7. The predicted molar refractivity (Wildman–Crippen MR) is 106 cm³/mol. The van der Waals surface area contributed by atoms with Crippen LogP contribution in [-0.4, -0.2) is 18.7 Å². The number of para-hydroxylation sites is 1. The highest BCUT2D eigenvalue weighted by Gasteiger charge is 2.01. The highest BCUT2D eigenvalue weighted by Crippen LogP contribution is 2.13. The van der Waals surface area contributed by atoms with Crippen molar-refractivity contribution >= 4 is 17.8 Å². The minimum absolute atomic E-state index is 0.149. The van der Waals surface area contributed by atoms with Gasteiger partial charge < -0.3 is 14.9 Å². The summed E-state index contributed by atoms with van der Waals surface area (Å²) in [6.45, 7) is 0.373. The van der Waals surface area contributed by atoms with Crippen LogP contribution in [-0.2, 0) is 16.2 Å². The summed E-state index contributed by atoms with van der Waals surface area (Å²) in [5, 5.41) is 6.54. The van der Waals surface area contributed by atoms with Gasteiger partial charge in [0.25, 0.3) is 5.91 Å². The van der Waals surface area contributed by atoms with E-state index < -0.39 is 0 Å². The van der Waals surface area contributed by atoms with E-state index >= 15 is 0 Å². The Labute approximate surface area is 158 Å². The van der Waals surface area contributed by atoms with E-state index in [-0.39, 0.29) is 12.5 Å². The molecule has 0 saturated carbocycles. The molecule has 0 aliphatic heterocycles. The van der Waals surface area contributed by atoms with Gasteiger partial charge in [-0.3, -0.25) is 4.79 Å². The summed E-state index contributed by atoms with van der Waals surface area (Å²) in [4.78, 5) is 16.8. The van der Waals surface area contributed by atoms with Crippen molar-refractivity contribution in [1.82, 2.24) is 0 Å². The van der Waals surface area contributed by atoms with Crippen LogP contribution >= 0.6 is 0 Å². The lowest BCUT2D eigenvalue weighted by Crippen LogP contribution is -2.16. The molecule has 3 aromatic rings. The standard InChI is InChI=1S/C22H20N2O3/c25-22(24-20-9-5-2-6-10-20)17-27-23-15-18-11-13-21(14-12-18)26-16-19-7-3-1-4-8-19/h1-15H,16-17H2,(H,24,25)/b23-15+. The molecular formula is C22H20N2O3. The van der Waals surface area contributed by atoms with Gasteiger partial charge in [0.05, 0.1) is 6.21 Å². The number of carbonyl (C=O) groups excluding carboxylic acids is 1. The van der Waals surface area contributed by atoms with Crippen molar-refractivity contribution in [3.63, 3.8) is 0 Å². The Hall–Kier alpha value is -3.60. The number of anilines is 1. The van der Waals surface area contributed by atoms with Gasteiger partial charge >= 0.3 is 0 Å². The molecule has 5 heteroatoms. The third kappa shape index (κ3) is 6.32. The fourth-order valence-electron chi connectivity index (χ4n) is 2.30. The van der Waals surface area contributed by atoms with E-state index in [1.165, 1.54) is 0 Å². The van der Waals surface area contributed by atoms with E-state index in [0.717, 1.165) is 22.6 Å². The van der Waals surface area contributed by atoms with Crippen LogP contribution < -0.4 is 10.1 Å². The third-order valence-electron chi connectivity index (χ3n) is 3.66. The Bertz CT molecular complexity index is 863. The van der Waals surface area contributed by atoms with Crippen LogP contribution in [0.25, 0.3) is 0 Å². The summed E-state index contributed by atoms with van der Waals surface area (Å²) in [7, 11) is 0. The SMILES string of the molecule is O=C(CO/N=C/c1ccc(OCc2ccccc2)cc1)Nc1ccccc1. The molecule has 1 amide bonds. The molecule has 3 rings (SSSR count). The maximum absolute atomic E-state index is 11.7. The van der Waals surface area contributed by atoms with Crippen LogP contribution in [0.3, 0.4) is 0 Å². The first kappa shape index (κ1) is 18.2. The summed E-state index contributed by atoms with van der Waals surface area (Å²) in [5.41, 5.74) is 2.69. The molecule has 0 heterocycles. The van der Waals surface area contributed by atoms with Crippen LogP contribution in [0.1, 0.15) is 11.1 Å². The van der Waals surface area contributed by atoms with Crippen molar-refractivity contribution in [1.29, 1.82) is 0 Å². The quantitative estimate of drug-likeness (QED) is 0.482. The molecule has 0 saturated heterocycles. The van der Waals surface area contributed by atoms with E-state index in [4.69, 9.17) is 9.57 Å². The zero-order valence-corrected chi connectivity index (χ0v) is 14.7. The Balaban J connectivity index is 1.40. The van der Waals surface area contributed by atoms with Crippen molar-refractivity contribution < 1.29 is 14.4 Å². The number of rotatable bonds is 8. The average Bonchev–Trinajstić information content (AvgIpc) is 2.72. The van der Waals surface area contributed by atoms with Gasteiger partial charge in [-0.25, -0.2) is 0 Å². The lowest BCUT2D eigenvalue weighted by molar-refractivity contribution is -0.120. The van der Waals surface area contributed by atoms with Crippen LogP contribution in [0, 0.1) is 0 Å². The van der Waals surface area contributed by atoms with Gasteiger partial charge in [-0.2, -0.15) is 0 Å². The van der Waals surface area contributed by atoms with Gasteiger partial charge in [-0.1, -0.05) is 53.7 Å². The van der Waals surface area contributed by atoms with Crippen LogP contribution in [0.15, 0.2) is 90.1 Å². The molecule has 0 aliphatic rings. The van der Waals surface area contributed by atoms with Gasteiger partial charge in [0.1, 0.15) is 12.4 Å².